The maximum Gasteiger partial charge on any atom is 0.319 e. The summed E-state index contributed by atoms with van der Waals surface area (Å²) in [5, 5.41) is 8.66. The van der Waals surface area contributed by atoms with Crippen molar-refractivity contribution in [1.29, 1.82) is 0 Å². The maximum atomic E-state index is 12.0. The first-order valence-corrected chi connectivity index (χ1v) is 8.79. The van der Waals surface area contributed by atoms with Crippen LogP contribution in [0.25, 0.3) is 0 Å². The highest BCUT2D eigenvalue weighted by Gasteiger charge is 2.24. The Morgan fingerprint density at radius 2 is 1.96 bits per heavy atom. The van der Waals surface area contributed by atoms with Crippen LogP contribution in [0.5, 0.6) is 0 Å². The van der Waals surface area contributed by atoms with Gasteiger partial charge in [0.15, 0.2) is 0 Å². The first-order valence-electron chi connectivity index (χ1n) is 8.79. The van der Waals surface area contributed by atoms with Crippen LogP contribution in [0.2, 0.25) is 0 Å². The Hall–Kier alpha value is -2.08. The van der Waals surface area contributed by atoms with Crippen molar-refractivity contribution in [3.8, 4) is 0 Å². The summed E-state index contributed by atoms with van der Waals surface area (Å²) < 4.78 is 0. The fourth-order valence-corrected chi connectivity index (χ4v) is 2.91. The lowest BCUT2D eigenvalue weighted by molar-refractivity contribution is -0.123. The first kappa shape index (κ1) is 18.3. The summed E-state index contributed by atoms with van der Waals surface area (Å²) in [6.45, 7) is 4.63. The number of carbonyl (C=O) groups excluding carboxylic acids is 2. The fraction of sp³-hybridized carbons (Fsp3) is 0.556. The highest BCUT2D eigenvalue weighted by atomic mass is 16.2. The topological polar surface area (TPSA) is 73.5 Å². The van der Waals surface area contributed by atoms with E-state index in [9.17, 15) is 9.59 Å². The van der Waals surface area contributed by atoms with E-state index >= 15 is 0 Å². The number of amides is 3. The average Bonchev–Trinajstić information content (AvgIpc) is 2.60. The zero-order valence-electron chi connectivity index (χ0n) is 14.4. The summed E-state index contributed by atoms with van der Waals surface area (Å²) in [4.78, 5) is 26.1. The van der Waals surface area contributed by atoms with Gasteiger partial charge in [-0.2, -0.15) is 0 Å². The number of nitrogens with one attached hydrogen (secondary N) is 3. The van der Waals surface area contributed by atoms with E-state index in [-0.39, 0.29) is 18.0 Å². The van der Waals surface area contributed by atoms with E-state index < -0.39 is 0 Å². The zero-order chi connectivity index (χ0) is 17.2. The van der Waals surface area contributed by atoms with Gasteiger partial charge in [0.2, 0.25) is 5.91 Å². The third-order valence-electron chi connectivity index (χ3n) is 4.20. The molecule has 1 heterocycles. The van der Waals surface area contributed by atoms with Crippen molar-refractivity contribution in [2.24, 2.45) is 0 Å². The van der Waals surface area contributed by atoms with Gasteiger partial charge in [-0.3, -0.25) is 9.69 Å². The molecule has 1 saturated heterocycles. The van der Waals surface area contributed by atoms with Gasteiger partial charge in [0.25, 0.3) is 0 Å². The molecule has 0 bridgehead atoms. The normalized spacial score (nSPS) is 18.0. The van der Waals surface area contributed by atoms with Crippen molar-refractivity contribution in [2.75, 3.05) is 31.5 Å². The molecule has 0 spiro atoms. The van der Waals surface area contributed by atoms with Gasteiger partial charge in [-0.25, -0.2) is 4.79 Å². The van der Waals surface area contributed by atoms with Crippen LogP contribution >= 0.6 is 0 Å². The van der Waals surface area contributed by atoms with Gasteiger partial charge in [0, 0.05) is 24.8 Å². The van der Waals surface area contributed by atoms with Crippen molar-refractivity contribution >= 4 is 17.6 Å². The number of carbonyl (C=O) groups is 2. The summed E-state index contributed by atoms with van der Waals surface area (Å²) in [5.41, 5.74) is 0.773. The smallest absolute Gasteiger partial charge is 0.319 e. The Bertz CT molecular complexity index is 521. The molecular formula is C18H28N4O2. The molecular weight excluding hydrogens is 304 g/mol. The van der Waals surface area contributed by atoms with Gasteiger partial charge in [-0.1, -0.05) is 31.5 Å². The minimum atomic E-state index is -0.206. The number of rotatable bonds is 7. The molecule has 3 N–H and O–H groups in total. The number of urea groups is 1. The summed E-state index contributed by atoms with van der Waals surface area (Å²) >= 11 is 0. The van der Waals surface area contributed by atoms with E-state index in [1.165, 1.54) is 0 Å². The van der Waals surface area contributed by atoms with Gasteiger partial charge in [-0.15, -0.1) is 0 Å². The molecule has 132 valence electrons. The van der Waals surface area contributed by atoms with Crippen LogP contribution in [0, 0.1) is 0 Å². The molecule has 3 amide bonds. The first-order chi connectivity index (χ1) is 11.7. The van der Waals surface area contributed by atoms with Crippen LogP contribution in [0.15, 0.2) is 30.3 Å². The van der Waals surface area contributed by atoms with Crippen LogP contribution in [-0.4, -0.2) is 49.1 Å². The number of hydrogen-bond acceptors (Lipinski definition) is 3. The highest BCUT2D eigenvalue weighted by molar-refractivity contribution is 5.89. The Labute approximate surface area is 144 Å². The standard InChI is InChI=1S/C18H28N4O2/c1-2-11-19-17(23)14-22-12-7-6-10-16(22)13-20-18(24)21-15-8-4-3-5-9-15/h3-5,8-9,16H,2,6-7,10-14H2,1H3,(H,19,23)(H2,20,21,24). The van der Waals surface area contributed by atoms with Crippen LogP contribution in [0.3, 0.4) is 0 Å². The number of benzene rings is 1. The molecule has 0 saturated carbocycles. The summed E-state index contributed by atoms with van der Waals surface area (Å²) in [6, 6.07) is 9.39. The van der Waals surface area contributed by atoms with Gasteiger partial charge in [0.1, 0.15) is 0 Å². The molecule has 1 aromatic rings. The number of likely N-dealkylation sites (tertiary alicyclic amines) is 1. The predicted molar refractivity (Wildman–Crippen MR) is 96.0 cm³/mol. The quantitative estimate of drug-likeness (QED) is 0.716. The van der Waals surface area contributed by atoms with Crippen molar-refractivity contribution < 1.29 is 9.59 Å². The minimum absolute atomic E-state index is 0.0671. The van der Waals surface area contributed by atoms with Crippen LogP contribution in [-0.2, 0) is 4.79 Å². The minimum Gasteiger partial charge on any atom is -0.355 e. The van der Waals surface area contributed by atoms with Crippen molar-refractivity contribution in [2.45, 2.75) is 38.6 Å². The number of piperidine rings is 1. The summed E-state index contributed by atoms with van der Waals surface area (Å²) in [7, 11) is 0. The lowest BCUT2D eigenvalue weighted by Crippen LogP contribution is -2.50. The van der Waals surface area contributed by atoms with Crippen molar-refractivity contribution in [1.82, 2.24) is 15.5 Å². The molecule has 0 radical (unpaired) electrons. The third-order valence-corrected chi connectivity index (χ3v) is 4.20. The lowest BCUT2D eigenvalue weighted by Gasteiger charge is -2.35. The van der Waals surface area contributed by atoms with Gasteiger partial charge in [-0.05, 0) is 37.9 Å². The third kappa shape index (κ3) is 6.20. The fourth-order valence-electron chi connectivity index (χ4n) is 2.91. The predicted octanol–water partition coefficient (Wildman–Crippen LogP) is 2.19. The van der Waals surface area contributed by atoms with Crippen LogP contribution < -0.4 is 16.0 Å². The van der Waals surface area contributed by atoms with E-state index in [1.807, 2.05) is 37.3 Å². The van der Waals surface area contributed by atoms with Gasteiger partial charge < -0.3 is 16.0 Å². The molecule has 1 aromatic carbocycles. The van der Waals surface area contributed by atoms with Gasteiger partial charge >= 0.3 is 6.03 Å². The molecule has 0 aliphatic carbocycles. The largest absolute Gasteiger partial charge is 0.355 e. The van der Waals surface area contributed by atoms with E-state index in [4.69, 9.17) is 0 Å². The molecule has 6 heteroatoms. The number of nitrogens with zero attached hydrogens (tertiary/aromatic N) is 1. The Balaban J connectivity index is 1.78. The summed E-state index contributed by atoms with van der Waals surface area (Å²) in [5.74, 6) is 0.0671. The molecule has 2 rings (SSSR count). The molecule has 0 aromatic heterocycles. The van der Waals surface area contributed by atoms with E-state index in [1.54, 1.807) is 0 Å². The van der Waals surface area contributed by atoms with Gasteiger partial charge in [0.05, 0.1) is 6.54 Å². The number of hydrogen-bond donors (Lipinski definition) is 3. The monoisotopic (exact) mass is 332 g/mol. The number of para-hydroxylation sites is 1. The molecule has 1 unspecified atom stereocenters. The average molecular weight is 332 g/mol. The Morgan fingerprint density at radius 1 is 1.17 bits per heavy atom. The Kier molecular flexibility index (Phi) is 7.55. The molecule has 1 fully saturated rings. The molecule has 1 atom stereocenters. The zero-order valence-corrected chi connectivity index (χ0v) is 14.4. The maximum absolute atomic E-state index is 12.0. The van der Waals surface area contributed by atoms with Crippen LogP contribution in [0.4, 0.5) is 10.5 Å². The highest BCUT2D eigenvalue weighted by Crippen LogP contribution is 2.16. The van der Waals surface area contributed by atoms with Crippen molar-refractivity contribution in [3.63, 3.8) is 0 Å². The lowest BCUT2D eigenvalue weighted by atomic mass is 10.0. The SMILES string of the molecule is CCCNC(=O)CN1CCCCC1CNC(=O)Nc1ccccc1. The second-order valence-electron chi connectivity index (χ2n) is 6.17. The van der Waals surface area contributed by atoms with E-state index in [0.29, 0.717) is 13.1 Å². The molecule has 1 aliphatic rings. The molecule has 1 aliphatic heterocycles. The second-order valence-corrected chi connectivity index (χ2v) is 6.17. The number of anilines is 1. The summed E-state index contributed by atoms with van der Waals surface area (Å²) in [6.07, 6.45) is 4.19. The van der Waals surface area contributed by atoms with E-state index in [2.05, 4.69) is 20.9 Å². The van der Waals surface area contributed by atoms with Crippen molar-refractivity contribution in [3.05, 3.63) is 30.3 Å². The molecule has 6 nitrogen and oxygen atoms in total. The van der Waals surface area contributed by atoms with Crippen LogP contribution in [0.1, 0.15) is 32.6 Å². The Morgan fingerprint density at radius 3 is 2.71 bits per heavy atom. The van der Waals surface area contributed by atoms with E-state index in [0.717, 1.165) is 44.5 Å². The molecule has 24 heavy (non-hydrogen) atoms. The second kappa shape index (κ2) is 9.93.